The zero-order valence-electron chi connectivity index (χ0n) is 19.2. The Balaban J connectivity index is 2.16. The number of ether oxygens (including phenoxy) is 1. The van der Waals surface area contributed by atoms with E-state index in [2.05, 4.69) is 22.9 Å². The number of carbonyl (C=O) groups excluding carboxylic acids is 3. The summed E-state index contributed by atoms with van der Waals surface area (Å²) in [6.07, 6.45) is 2.59. The highest BCUT2D eigenvalue weighted by atomic mass is 16.5. The molecule has 172 valence electrons. The van der Waals surface area contributed by atoms with E-state index in [9.17, 15) is 14.4 Å². The molecule has 7 heteroatoms. The van der Waals surface area contributed by atoms with E-state index in [0.29, 0.717) is 29.1 Å². The summed E-state index contributed by atoms with van der Waals surface area (Å²) in [7, 11) is 1.56. The van der Waals surface area contributed by atoms with Gasteiger partial charge in [-0.2, -0.15) is 0 Å². The Morgan fingerprint density at radius 3 is 2.28 bits per heavy atom. The predicted molar refractivity (Wildman–Crippen MR) is 126 cm³/mol. The Morgan fingerprint density at radius 1 is 0.969 bits per heavy atom. The quantitative estimate of drug-likeness (QED) is 0.461. The molecule has 2 rings (SSSR count). The van der Waals surface area contributed by atoms with Gasteiger partial charge in [0.1, 0.15) is 11.8 Å². The maximum atomic E-state index is 13.1. The molecule has 0 saturated heterocycles. The number of hydrogen-bond donors (Lipinski definition) is 3. The Morgan fingerprint density at radius 2 is 1.66 bits per heavy atom. The molecule has 0 heterocycles. The first-order valence-corrected chi connectivity index (χ1v) is 11.0. The lowest BCUT2D eigenvalue weighted by atomic mass is 9.97. The first kappa shape index (κ1) is 24.9. The third kappa shape index (κ3) is 6.83. The van der Waals surface area contributed by atoms with Crippen molar-refractivity contribution in [3.63, 3.8) is 0 Å². The number of nitrogens with one attached hydrogen (secondary N) is 3. The van der Waals surface area contributed by atoms with Crippen LogP contribution in [0.3, 0.4) is 0 Å². The van der Waals surface area contributed by atoms with E-state index in [4.69, 9.17) is 4.74 Å². The second-order valence-electron chi connectivity index (χ2n) is 7.71. The topological polar surface area (TPSA) is 96.5 Å². The second-order valence-corrected chi connectivity index (χ2v) is 7.71. The number of benzene rings is 2. The summed E-state index contributed by atoms with van der Waals surface area (Å²) in [5.74, 6) is -0.340. The molecule has 2 unspecified atom stereocenters. The largest absolute Gasteiger partial charge is 0.497 e. The third-order valence-corrected chi connectivity index (χ3v) is 5.38. The van der Waals surface area contributed by atoms with Crippen molar-refractivity contribution >= 4 is 23.4 Å². The Labute approximate surface area is 189 Å². The second kappa shape index (κ2) is 12.5. The van der Waals surface area contributed by atoms with Gasteiger partial charge in [-0.25, -0.2) is 0 Å². The molecule has 3 N–H and O–H groups in total. The fourth-order valence-electron chi connectivity index (χ4n) is 3.15. The van der Waals surface area contributed by atoms with Gasteiger partial charge in [0.15, 0.2) is 0 Å². The van der Waals surface area contributed by atoms with Gasteiger partial charge < -0.3 is 20.7 Å². The van der Waals surface area contributed by atoms with E-state index >= 15 is 0 Å². The molecule has 0 aromatic heterocycles. The van der Waals surface area contributed by atoms with E-state index in [-0.39, 0.29) is 17.7 Å². The number of anilines is 1. The molecule has 2 aromatic carbocycles. The monoisotopic (exact) mass is 439 g/mol. The number of methoxy groups -OCH3 is 1. The Hall–Kier alpha value is -3.35. The lowest BCUT2D eigenvalue weighted by Crippen LogP contribution is -2.50. The van der Waals surface area contributed by atoms with Gasteiger partial charge in [-0.3, -0.25) is 14.4 Å². The van der Waals surface area contributed by atoms with Crippen LogP contribution in [0.4, 0.5) is 5.69 Å². The summed E-state index contributed by atoms with van der Waals surface area (Å²) in [5.41, 5.74) is 1.11. The van der Waals surface area contributed by atoms with Crippen molar-refractivity contribution in [2.24, 2.45) is 5.92 Å². The van der Waals surface area contributed by atoms with Crippen LogP contribution >= 0.6 is 0 Å². The lowest BCUT2D eigenvalue weighted by molar-refractivity contribution is -0.124. The molecule has 0 saturated carbocycles. The van der Waals surface area contributed by atoms with Crippen LogP contribution in [0, 0.1) is 5.92 Å². The van der Waals surface area contributed by atoms with Crippen LogP contribution in [0.2, 0.25) is 0 Å². The fraction of sp³-hybridized carbons (Fsp3) is 0.400. The number of hydrogen-bond acceptors (Lipinski definition) is 4. The van der Waals surface area contributed by atoms with E-state index < -0.39 is 11.9 Å². The molecule has 2 aromatic rings. The van der Waals surface area contributed by atoms with Crippen molar-refractivity contribution < 1.29 is 19.1 Å². The molecule has 0 bridgehead atoms. The van der Waals surface area contributed by atoms with Crippen molar-refractivity contribution in [2.45, 2.75) is 46.1 Å². The SMILES string of the molecule is CCCCNC(=O)C(NC(=O)c1ccccc1NC(=O)c1ccc(OC)cc1)C(C)CC. The zero-order valence-corrected chi connectivity index (χ0v) is 19.2. The minimum Gasteiger partial charge on any atom is -0.497 e. The van der Waals surface area contributed by atoms with E-state index in [1.807, 2.05) is 13.8 Å². The predicted octanol–water partition coefficient (Wildman–Crippen LogP) is 4.01. The smallest absolute Gasteiger partial charge is 0.255 e. The summed E-state index contributed by atoms with van der Waals surface area (Å²) >= 11 is 0. The van der Waals surface area contributed by atoms with Crippen molar-refractivity contribution in [1.29, 1.82) is 0 Å². The number of carbonyl (C=O) groups is 3. The summed E-state index contributed by atoms with van der Waals surface area (Å²) in [5, 5.41) is 8.55. The standard InChI is InChI=1S/C25H33N3O4/c1-5-7-16-26-25(31)22(17(3)6-2)28-24(30)20-10-8-9-11-21(20)27-23(29)18-12-14-19(32-4)15-13-18/h8-15,17,22H,5-7,16H2,1-4H3,(H,26,31)(H,27,29)(H,28,30). The van der Waals surface area contributed by atoms with Crippen LogP contribution in [0.5, 0.6) is 5.75 Å². The third-order valence-electron chi connectivity index (χ3n) is 5.38. The summed E-state index contributed by atoms with van der Waals surface area (Å²) < 4.78 is 5.12. The molecule has 0 fully saturated rings. The van der Waals surface area contributed by atoms with Crippen LogP contribution in [-0.2, 0) is 4.79 Å². The van der Waals surface area contributed by atoms with E-state index in [1.165, 1.54) is 0 Å². The van der Waals surface area contributed by atoms with Crippen LogP contribution in [0.25, 0.3) is 0 Å². The van der Waals surface area contributed by atoms with Gasteiger partial charge in [0.25, 0.3) is 11.8 Å². The highest BCUT2D eigenvalue weighted by Gasteiger charge is 2.27. The summed E-state index contributed by atoms with van der Waals surface area (Å²) in [6.45, 7) is 6.54. The highest BCUT2D eigenvalue weighted by Crippen LogP contribution is 2.19. The average Bonchev–Trinajstić information content (AvgIpc) is 2.82. The van der Waals surface area contributed by atoms with Crippen LogP contribution < -0.4 is 20.7 Å². The number of unbranched alkanes of at least 4 members (excludes halogenated alkanes) is 1. The normalized spacial score (nSPS) is 12.4. The maximum absolute atomic E-state index is 13.1. The van der Waals surface area contributed by atoms with Gasteiger partial charge >= 0.3 is 0 Å². The number of para-hydroxylation sites is 1. The summed E-state index contributed by atoms with van der Waals surface area (Å²) in [4.78, 5) is 38.4. The van der Waals surface area contributed by atoms with Gasteiger partial charge in [0, 0.05) is 12.1 Å². The first-order valence-electron chi connectivity index (χ1n) is 11.0. The molecule has 3 amide bonds. The van der Waals surface area contributed by atoms with Crippen molar-refractivity contribution in [2.75, 3.05) is 19.0 Å². The molecule has 0 aliphatic rings. The van der Waals surface area contributed by atoms with Crippen LogP contribution in [0.15, 0.2) is 48.5 Å². The molecule has 32 heavy (non-hydrogen) atoms. The average molecular weight is 440 g/mol. The van der Waals surface area contributed by atoms with Crippen molar-refractivity contribution in [3.05, 3.63) is 59.7 Å². The molecule has 0 aliphatic heterocycles. The van der Waals surface area contributed by atoms with Gasteiger partial charge in [0.05, 0.1) is 18.4 Å². The Kier molecular flexibility index (Phi) is 9.73. The van der Waals surface area contributed by atoms with Gasteiger partial charge in [-0.15, -0.1) is 0 Å². The molecule has 2 atom stereocenters. The maximum Gasteiger partial charge on any atom is 0.255 e. The van der Waals surface area contributed by atoms with Crippen LogP contribution in [0.1, 0.15) is 60.7 Å². The zero-order chi connectivity index (χ0) is 23.5. The van der Waals surface area contributed by atoms with Crippen molar-refractivity contribution in [1.82, 2.24) is 10.6 Å². The molecular formula is C25H33N3O4. The van der Waals surface area contributed by atoms with Crippen LogP contribution in [-0.4, -0.2) is 37.4 Å². The number of amides is 3. The summed E-state index contributed by atoms with van der Waals surface area (Å²) in [6, 6.07) is 12.8. The van der Waals surface area contributed by atoms with Gasteiger partial charge in [-0.1, -0.05) is 45.7 Å². The molecule has 7 nitrogen and oxygen atoms in total. The van der Waals surface area contributed by atoms with Crippen molar-refractivity contribution in [3.8, 4) is 5.75 Å². The molecule has 0 radical (unpaired) electrons. The fourth-order valence-corrected chi connectivity index (χ4v) is 3.15. The number of rotatable bonds is 11. The molecular weight excluding hydrogens is 406 g/mol. The Bertz CT molecular complexity index is 912. The molecule has 0 spiro atoms. The van der Waals surface area contributed by atoms with E-state index in [0.717, 1.165) is 19.3 Å². The highest BCUT2D eigenvalue weighted by molar-refractivity contribution is 6.09. The van der Waals surface area contributed by atoms with E-state index in [1.54, 1.807) is 55.6 Å². The minimum atomic E-state index is -0.658. The van der Waals surface area contributed by atoms with Gasteiger partial charge in [0.2, 0.25) is 5.91 Å². The first-order chi connectivity index (χ1) is 15.4. The van der Waals surface area contributed by atoms with Gasteiger partial charge in [-0.05, 0) is 48.7 Å². The lowest BCUT2D eigenvalue weighted by Gasteiger charge is -2.24. The molecule has 0 aliphatic carbocycles. The minimum absolute atomic E-state index is 0.0402.